The number of hydrogen-bond acceptors (Lipinski definition) is 5. The molecular formula is C16H23ClN2O5S. The monoisotopic (exact) mass is 390 g/mol. The number of rotatable bonds is 9. The van der Waals surface area contributed by atoms with Crippen LogP contribution < -0.4 is 10.1 Å². The lowest BCUT2D eigenvalue weighted by Gasteiger charge is -2.23. The maximum Gasteiger partial charge on any atom is 0.257 e. The van der Waals surface area contributed by atoms with Crippen LogP contribution in [0.1, 0.15) is 12.8 Å². The molecule has 1 fully saturated rings. The third-order valence-corrected chi connectivity index (χ3v) is 5.29. The molecule has 1 atom stereocenters. The van der Waals surface area contributed by atoms with E-state index in [1.54, 1.807) is 24.3 Å². The number of nitrogens with one attached hydrogen (secondary N) is 1. The van der Waals surface area contributed by atoms with Crippen LogP contribution in [0, 0.1) is 0 Å². The minimum atomic E-state index is -3.35. The van der Waals surface area contributed by atoms with Gasteiger partial charge in [-0.2, -0.15) is 4.31 Å². The van der Waals surface area contributed by atoms with E-state index in [9.17, 15) is 13.2 Å². The van der Waals surface area contributed by atoms with E-state index in [0.717, 1.165) is 19.1 Å². The van der Waals surface area contributed by atoms with Crippen molar-refractivity contribution in [3.05, 3.63) is 29.3 Å². The summed E-state index contributed by atoms with van der Waals surface area (Å²) in [6.07, 6.45) is 2.89. The lowest BCUT2D eigenvalue weighted by Crippen LogP contribution is -2.42. The fourth-order valence-corrected chi connectivity index (χ4v) is 3.44. The van der Waals surface area contributed by atoms with Crippen molar-refractivity contribution in [1.82, 2.24) is 9.62 Å². The molecule has 1 saturated heterocycles. The van der Waals surface area contributed by atoms with Gasteiger partial charge in [-0.15, -0.1) is 0 Å². The molecule has 140 valence electrons. The van der Waals surface area contributed by atoms with Gasteiger partial charge < -0.3 is 14.8 Å². The smallest absolute Gasteiger partial charge is 0.257 e. The highest BCUT2D eigenvalue weighted by atomic mass is 35.5. The molecule has 0 bridgehead atoms. The Morgan fingerprint density at radius 2 is 2.12 bits per heavy atom. The SMILES string of the molecule is CS(=O)(=O)N(CCNC(=O)COc1ccc(Cl)cc1)CC1CCCO1. The van der Waals surface area contributed by atoms with E-state index >= 15 is 0 Å². The zero-order valence-corrected chi connectivity index (χ0v) is 15.7. The lowest BCUT2D eigenvalue weighted by molar-refractivity contribution is -0.123. The number of amides is 1. The lowest BCUT2D eigenvalue weighted by atomic mass is 10.2. The van der Waals surface area contributed by atoms with E-state index in [1.165, 1.54) is 4.31 Å². The van der Waals surface area contributed by atoms with Crippen LogP contribution >= 0.6 is 11.6 Å². The number of carbonyl (C=O) groups is 1. The van der Waals surface area contributed by atoms with Crippen molar-refractivity contribution in [3.63, 3.8) is 0 Å². The van der Waals surface area contributed by atoms with Crippen molar-refractivity contribution in [2.75, 3.05) is 39.1 Å². The molecule has 0 radical (unpaired) electrons. The molecule has 7 nitrogen and oxygen atoms in total. The maximum atomic E-state index is 11.9. The van der Waals surface area contributed by atoms with Gasteiger partial charge in [0.1, 0.15) is 5.75 Å². The molecule has 0 aromatic heterocycles. The number of halogens is 1. The van der Waals surface area contributed by atoms with Crippen molar-refractivity contribution in [1.29, 1.82) is 0 Å². The average Bonchev–Trinajstić information content (AvgIpc) is 3.05. The minimum Gasteiger partial charge on any atom is -0.484 e. The van der Waals surface area contributed by atoms with Crippen LogP contribution in [-0.4, -0.2) is 63.8 Å². The summed E-state index contributed by atoms with van der Waals surface area (Å²) in [7, 11) is -3.35. The number of sulfonamides is 1. The molecule has 1 amide bonds. The highest BCUT2D eigenvalue weighted by Crippen LogP contribution is 2.15. The molecular weight excluding hydrogens is 368 g/mol. The number of nitrogens with zero attached hydrogens (tertiary/aromatic N) is 1. The van der Waals surface area contributed by atoms with Crippen molar-refractivity contribution in [3.8, 4) is 5.75 Å². The summed E-state index contributed by atoms with van der Waals surface area (Å²) >= 11 is 5.77. The molecule has 9 heteroatoms. The minimum absolute atomic E-state index is 0.0707. The summed E-state index contributed by atoms with van der Waals surface area (Å²) in [5.74, 6) is 0.219. The Labute approximate surface area is 153 Å². The van der Waals surface area contributed by atoms with E-state index in [0.29, 0.717) is 23.9 Å². The van der Waals surface area contributed by atoms with Gasteiger partial charge in [0.25, 0.3) is 5.91 Å². The number of ether oxygens (including phenoxy) is 2. The summed E-state index contributed by atoms with van der Waals surface area (Å²) in [5.41, 5.74) is 0. The Morgan fingerprint density at radius 1 is 1.40 bits per heavy atom. The van der Waals surface area contributed by atoms with Gasteiger partial charge in [-0.3, -0.25) is 4.79 Å². The summed E-state index contributed by atoms with van der Waals surface area (Å²) in [6, 6.07) is 6.68. The molecule has 1 aliphatic heterocycles. The summed E-state index contributed by atoms with van der Waals surface area (Å²) in [4.78, 5) is 11.8. The van der Waals surface area contributed by atoms with Crippen LogP contribution in [0.5, 0.6) is 5.75 Å². The second-order valence-corrected chi connectivity index (χ2v) is 8.27. The van der Waals surface area contributed by atoms with Crippen LogP contribution in [0.25, 0.3) is 0 Å². The molecule has 0 spiro atoms. The Hall–Kier alpha value is -1.35. The van der Waals surface area contributed by atoms with Crippen molar-refractivity contribution in [2.45, 2.75) is 18.9 Å². The quantitative estimate of drug-likeness (QED) is 0.686. The molecule has 1 unspecified atom stereocenters. The first-order valence-electron chi connectivity index (χ1n) is 8.06. The Bertz CT molecular complexity index is 660. The predicted molar refractivity (Wildman–Crippen MR) is 95.3 cm³/mol. The predicted octanol–water partition coefficient (Wildman–Crippen LogP) is 1.28. The molecule has 1 aromatic carbocycles. The van der Waals surface area contributed by atoms with Crippen molar-refractivity contribution >= 4 is 27.5 Å². The van der Waals surface area contributed by atoms with E-state index in [1.807, 2.05) is 0 Å². The van der Waals surface area contributed by atoms with Crippen LogP contribution in [-0.2, 0) is 19.6 Å². The first-order valence-corrected chi connectivity index (χ1v) is 10.3. The summed E-state index contributed by atoms with van der Waals surface area (Å²) in [6.45, 7) is 1.25. The van der Waals surface area contributed by atoms with Crippen LogP contribution in [0.15, 0.2) is 24.3 Å². The largest absolute Gasteiger partial charge is 0.484 e. The summed E-state index contributed by atoms with van der Waals surface area (Å²) in [5, 5.41) is 3.24. The Balaban J connectivity index is 1.72. The highest BCUT2D eigenvalue weighted by molar-refractivity contribution is 7.88. The molecule has 2 rings (SSSR count). The molecule has 1 N–H and O–H groups in total. The first kappa shape index (κ1) is 20.0. The maximum absolute atomic E-state index is 11.9. The summed E-state index contributed by atoms with van der Waals surface area (Å²) < 4.78 is 35.9. The number of carbonyl (C=O) groups excluding carboxylic acids is 1. The van der Waals surface area contributed by atoms with Crippen LogP contribution in [0.3, 0.4) is 0 Å². The van der Waals surface area contributed by atoms with E-state index < -0.39 is 10.0 Å². The van der Waals surface area contributed by atoms with Crippen molar-refractivity contribution in [2.24, 2.45) is 0 Å². The number of hydrogen-bond donors (Lipinski definition) is 1. The number of benzene rings is 1. The van der Waals surface area contributed by atoms with Gasteiger partial charge >= 0.3 is 0 Å². The molecule has 1 aliphatic rings. The fourth-order valence-electron chi connectivity index (χ4n) is 2.46. The Morgan fingerprint density at radius 3 is 2.72 bits per heavy atom. The molecule has 25 heavy (non-hydrogen) atoms. The standard InChI is InChI=1S/C16H23ClN2O5S/c1-25(21,22)19(11-15-3-2-10-23-15)9-8-18-16(20)12-24-14-6-4-13(17)5-7-14/h4-7,15H,2-3,8-12H2,1H3,(H,18,20). The van der Waals surface area contributed by atoms with Gasteiger partial charge in [0.2, 0.25) is 10.0 Å². The van der Waals surface area contributed by atoms with Crippen molar-refractivity contribution < 1.29 is 22.7 Å². The Kier molecular flexibility index (Phi) is 7.49. The third kappa shape index (κ3) is 7.19. The highest BCUT2D eigenvalue weighted by Gasteiger charge is 2.24. The van der Waals surface area contributed by atoms with Gasteiger partial charge in [0.15, 0.2) is 6.61 Å². The fraction of sp³-hybridized carbons (Fsp3) is 0.562. The van der Waals surface area contributed by atoms with E-state index in [-0.39, 0.29) is 31.7 Å². The first-order chi connectivity index (χ1) is 11.8. The average molecular weight is 391 g/mol. The van der Waals surface area contributed by atoms with E-state index in [2.05, 4.69) is 5.32 Å². The zero-order valence-electron chi connectivity index (χ0n) is 14.1. The second-order valence-electron chi connectivity index (χ2n) is 5.85. The zero-order chi connectivity index (χ0) is 18.3. The third-order valence-electron chi connectivity index (χ3n) is 3.77. The van der Waals surface area contributed by atoms with Gasteiger partial charge in [-0.05, 0) is 37.1 Å². The molecule has 0 aliphatic carbocycles. The second kappa shape index (κ2) is 9.38. The normalized spacial score (nSPS) is 17.6. The van der Waals surface area contributed by atoms with Gasteiger partial charge in [-0.1, -0.05) is 11.6 Å². The van der Waals surface area contributed by atoms with Gasteiger partial charge in [0.05, 0.1) is 12.4 Å². The van der Waals surface area contributed by atoms with Crippen LogP contribution in [0.2, 0.25) is 5.02 Å². The topological polar surface area (TPSA) is 84.9 Å². The molecule has 0 saturated carbocycles. The van der Waals surface area contributed by atoms with Crippen LogP contribution in [0.4, 0.5) is 0 Å². The van der Waals surface area contributed by atoms with E-state index in [4.69, 9.17) is 21.1 Å². The van der Waals surface area contributed by atoms with Gasteiger partial charge in [-0.25, -0.2) is 8.42 Å². The molecule has 1 heterocycles. The van der Waals surface area contributed by atoms with Gasteiger partial charge in [0, 0.05) is 31.3 Å². The molecule has 1 aromatic rings.